The SMILES string of the molecule is CCOc1cccc(NC(C)c2cccc(Br)c2)c1. The van der Waals surface area contributed by atoms with Crippen molar-refractivity contribution in [1.29, 1.82) is 0 Å². The van der Waals surface area contributed by atoms with Crippen molar-refractivity contribution in [3.8, 4) is 5.75 Å². The maximum Gasteiger partial charge on any atom is 0.121 e. The summed E-state index contributed by atoms with van der Waals surface area (Å²) in [5.41, 5.74) is 2.31. The average Bonchev–Trinajstić information content (AvgIpc) is 2.39. The van der Waals surface area contributed by atoms with E-state index in [4.69, 9.17) is 4.74 Å². The van der Waals surface area contributed by atoms with Crippen molar-refractivity contribution in [2.24, 2.45) is 0 Å². The van der Waals surface area contributed by atoms with Crippen LogP contribution in [-0.2, 0) is 0 Å². The molecule has 2 aromatic rings. The standard InChI is InChI=1S/C16H18BrNO/c1-3-19-16-9-5-8-15(11-16)18-12(2)13-6-4-7-14(17)10-13/h4-12,18H,3H2,1-2H3. The van der Waals surface area contributed by atoms with Crippen LogP contribution in [0.5, 0.6) is 5.75 Å². The van der Waals surface area contributed by atoms with E-state index in [9.17, 15) is 0 Å². The van der Waals surface area contributed by atoms with E-state index >= 15 is 0 Å². The van der Waals surface area contributed by atoms with Gasteiger partial charge in [-0.2, -0.15) is 0 Å². The van der Waals surface area contributed by atoms with Gasteiger partial charge in [-0.3, -0.25) is 0 Å². The van der Waals surface area contributed by atoms with Crippen molar-refractivity contribution in [1.82, 2.24) is 0 Å². The molecule has 0 aliphatic rings. The fraction of sp³-hybridized carbons (Fsp3) is 0.250. The van der Waals surface area contributed by atoms with Gasteiger partial charge in [0.15, 0.2) is 0 Å². The maximum atomic E-state index is 5.51. The molecule has 19 heavy (non-hydrogen) atoms. The highest BCUT2D eigenvalue weighted by Crippen LogP contribution is 2.24. The predicted octanol–water partition coefficient (Wildman–Crippen LogP) is 5.02. The van der Waals surface area contributed by atoms with E-state index in [-0.39, 0.29) is 6.04 Å². The smallest absolute Gasteiger partial charge is 0.121 e. The first-order valence-corrected chi connectivity index (χ1v) is 7.23. The van der Waals surface area contributed by atoms with E-state index in [1.54, 1.807) is 0 Å². The zero-order chi connectivity index (χ0) is 13.7. The second-order valence-electron chi connectivity index (χ2n) is 4.38. The lowest BCUT2D eigenvalue weighted by Gasteiger charge is -2.16. The summed E-state index contributed by atoms with van der Waals surface area (Å²) < 4.78 is 6.60. The van der Waals surface area contributed by atoms with Gasteiger partial charge in [-0.15, -0.1) is 0 Å². The Balaban J connectivity index is 2.10. The molecule has 0 heterocycles. The Labute approximate surface area is 122 Å². The fourth-order valence-electron chi connectivity index (χ4n) is 1.95. The topological polar surface area (TPSA) is 21.3 Å². The third-order valence-corrected chi connectivity index (χ3v) is 3.37. The maximum absolute atomic E-state index is 5.51. The first kappa shape index (κ1) is 13.9. The average molecular weight is 320 g/mol. The highest BCUT2D eigenvalue weighted by Gasteiger charge is 2.06. The quantitative estimate of drug-likeness (QED) is 0.835. The highest BCUT2D eigenvalue weighted by atomic mass is 79.9. The van der Waals surface area contributed by atoms with Crippen molar-refractivity contribution in [2.75, 3.05) is 11.9 Å². The van der Waals surface area contributed by atoms with Gasteiger partial charge in [0, 0.05) is 22.3 Å². The molecule has 0 radical (unpaired) electrons. The van der Waals surface area contributed by atoms with Crippen LogP contribution in [0.25, 0.3) is 0 Å². The number of hydrogen-bond donors (Lipinski definition) is 1. The summed E-state index contributed by atoms with van der Waals surface area (Å²) >= 11 is 3.50. The Morgan fingerprint density at radius 2 is 1.95 bits per heavy atom. The van der Waals surface area contributed by atoms with Crippen LogP contribution in [-0.4, -0.2) is 6.61 Å². The summed E-state index contributed by atoms with van der Waals surface area (Å²) in [6.07, 6.45) is 0. The van der Waals surface area contributed by atoms with Crippen LogP contribution < -0.4 is 10.1 Å². The molecule has 2 nitrogen and oxygen atoms in total. The molecule has 100 valence electrons. The number of hydrogen-bond acceptors (Lipinski definition) is 2. The molecule has 0 saturated heterocycles. The number of rotatable bonds is 5. The van der Waals surface area contributed by atoms with Crippen molar-refractivity contribution >= 4 is 21.6 Å². The Hall–Kier alpha value is -1.48. The van der Waals surface area contributed by atoms with Gasteiger partial charge >= 0.3 is 0 Å². The van der Waals surface area contributed by atoms with Crippen molar-refractivity contribution in [3.05, 3.63) is 58.6 Å². The minimum atomic E-state index is 0.245. The van der Waals surface area contributed by atoms with Crippen LogP contribution in [0, 0.1) is 0 Å². The number of nitrogens with one attached hydrogen (secondary N) is 1. The Morgan fingerprint density at radius 1 is 1.16 bits per heavy atom. The molecule has 0 saturated carbocycles. The molecule has 0 fully saturated rings. The molecule has 0 aliphatic heterocycles. The lowest BCUT2D eigenvalue weighted by Crippen LogP contribution is -2.06. The summed E-state index contributed by atoms with van der Waals surface area (Å²) in [5, 5.41) is 3.48. The lowest BCUT2D eigenvalue weighted by molar-refractivity contribution is 0.340. The van der Waals surface area contributed by atoms with E-state index in [0.29, 0.717) is 6.61 Å². The molecule has 0 aromatic heterocycles. The zero-order valence-electron chi connectivity index (χ0n) is 11.2. The molecule has 2 aromatic carbocycles. The van der Waals surface area contributed by atoms with Crippen molar-refractivity contribution < 1.29 is 4.74 Å². The van der Waals surface area contributed by atoms with E-state index < -0.39 is 0 Å². The van der Waals surface area contributed by atoms with Crippen LogP contribution in [0.4, 0.5) is 5.69 Å². The monoisotopic (exact) mass is 319 g/mol. The molecule has 3 heteroatoms. The Bertz CT molecular complexity index is 542. The zero-order valence-corrected chi connectivity index (χ0v) is 12.8. The van der Waals surface area contributed by atoms with E-state index in [2.05, 4.69) is 46.4 Å². The largest absolute Gasteiger partial charge is 0.494 e. The van der Waals surface area contributed by atoms with Gasteiger partial charge in [0.05, 0.1) is 6.61 Å². The van der Waals surface area contributed by atoms with Crippen molar-refractivity contribution in [3.63, 3.8) is 0 Å². The molecular weight excluding hydrogens is 302 g/mol. The summed E-state index contributed by atoms with van der Waals surface area (Å²) in [4.78, 5) is 0. The molecular formula is C16H18BrNO. The van der Waals surface area contributed by atoms with Crippen molar-refractivity contribution in [2.45, 2.75) is 19.9 Å². The Kier molecular flexibility index (Phi) is 4.86. The number of anilines is 1. The molecule has 2 rings (SSSR count). The minimum Gasteiger partial charge on any atom is -0.494 e. The fourth-order valence-corrected chi connectivity index (χ4v) is 2.37. The third-order valence-electron chi connectivity index (χ3n) is 2.88. The first-order valence-electron chi connectivity index (χ1n) is 6.44. The minimum absolute atomic E-state index is 0.245. The number of benzene rings is 2. The molecule has 1 unspecified atom stereocenters. The van der Waals surface area contributed by atoms with Crippen LogP contribution in [0.15, 0.2) is 53.0 Å². The first-order chi connectivity index (χ1) is 9.19. The molecule has 1 atom stereocenters. The number of halogens is 1. The third kappa shape index (κ3) is 4.00. The van der Waals surface area contributed by atoms with Gasteiger partial charge in [0.25, 0.3) is 0 Å². The van der Waals surface area contributed by atoms with Gasteiger partial charge < -0.3 is 10.1 Å². The summed E-state index contributed by atoms with van der Waals surface area (Å²) in [6.45, 7) is 4.82. The molecule has 1 N–H and O–H groups in total. The van der Waals surface area contributed by atoms with Crippen LogP contribution in [0.1, 0.15) is 25.5 Å². The second kappa shape index (κ2) is 6.62. The van der Waals surface area contributed by atoms with E-state index in [1.165, 1.54) is 5.56 Å². The molecule has 0 amide bonds. The molecule has 0 spiro atoms. The molecule has 0 bridgehead atoms. The van der Waals surface area contributed by atoms with Gasteiger partial charge in [-0.25, -0.2) is 0 Å². The molecule has 0 aliphatic carbocycles. The normalized spacial score (nSPS) is 11.9. The van der Waals surface area contributed by atoms with Crippen LogP contribution in [0.2, 0.25) is 0 Å². The van der Waals surface area contributed by atoms with Gasteiger partial charge in [-0.05, 0) is 43.7 Å². The number of ether oxygens (including phenoxy) is 1. The van der Waals surface area contributed by atoms with Gasteiger partial charge in [-0.1, -0.05) is 34.1 Å². The van der Waals surface area contributed by atoms with Crippen LogP contribution in [0.3, 0.4) is 0 Å². The van der Waals surface area contributed by atoms with Gasteiger partial charge in [0.1, 0.15) is 5.75 Å². The Morgan fingerprint density at radius 3 is 2.68 bits per heavy atom. The van der Waals surface area contributed by atoms with E-state index in [0.717, 1.165) is 15.9 Å². The summed E-state index contributed by atoms with van der Waals surface area (Å²) in [7, 11) is 0. The summed E-state index contributed by atoms with van der Waals surface area (Å²) in [5.74, 6) is 0.897. The summed E-state index contributed by atoms with van der Waals surface area (Å²) in [6, 6.07) is 16.6. The van der Waals surface area contributed by atoms with Crippen LogP contribution >= 0.6 is 15.9 Å². The lowest BCUT2D eigenvalue weighted by atomic mass is 10.1. The highest BCUT2D eigenvalue weighted by molar-refractivity contribution is 9.10. The van der Waals surface area contributed by atoms with E-state index in [1.807, 2.05) is 37.3 Å². The van der Waals surface area contributed by atoms with Gasteiger partial charge in [0.2, 0.25) is 0 Å². The second-order valence-corrected chi connectivity index (χ2v) is 5.30. The predicted molar refractivity (Wildman–Crippen MR) is 83.8 cm³/mol.